The molecule has 46 heavy (non-hydrogen) atoms. The Balaban J connectivity index is 1.34. The third-order valence-corrected chi connectivity index (χ3v) is 9.47. The lowest BCUT2D eigenvalue weighted by molar-refractivity contribution is -0.134. The highest BCUT2D eigenvalue weighted by molar-refractivity contribution is 7.92. The fraction of sp³-hybridized carbons (Fsp3) is 0.306. The zero-order valence-corrected chi connectivity index (χ0v) is 27.2. The van der Waals surface area contributed by atoms with Gasteiger partial charge in [-0.2, -0.15) is 0 Å². The van der Waals surface area contributed by atoms with Crippen LogP contribution in [0.25, 0.3) is 0 Å². The van der Waals surface area contributed by atoms with E-state index in [2.05, 4.69) is 9.62 Å². The van der Waals surface area contributed by atoms with Gasteiger partial charge in [-0.1, -0.05) is 55.5 Å². The summed E-state index contributed by atoms with van der Waals surface area (Å²) in [6.45, 7) is 5.35. The van der Waals surface area contributed by atoms with Gasteiger partial charge in [0.05, 0.1) is 24.0 Å². The van der Waals surface area contributed by atoms with Gasteiger partial charge < -0.3 is 19.5 Å². The molecule has 10 heteroatoms. The second-order valence-electron chi connectivity index (χ2n) is 11.9. The molecular weight excluding hydrogens is 602 g/mol. The lowest BCUT2D eigenvalue weighted by Crippen LogP contribution is -2.47. The summed E-state index contributed by atoms with van der Waals surface area (Å²) >= 11 is 0. The molecule has 4 aromatic rings. The van der Waals surface area contributed by atoms with Crippen LogP contribution in [0.2, 0.25) is 0 Å². The van der Waals surface area contributed by atoms with E-state index in [9.17, 15) is 18.3 Å². The topological polar surface area (TPSA) is 108 Å². The monoisotopic (exact) mass is 643 g/mol. The number of anilines is 1. The summed E-state index contributed by atoms with van der Waals surface area (Å²) < 4.78 is 41.2. The predicted octanol–water partition coefficient (Wildman–Crippen LogP) is 5.56. The van der Waals surface area contributed by atoms with Gasteiger partial charge in [-0.3, -0.25) is 14.4 Å². The van der Waals surface area contributed by atoms with Gasteiger partial charge in [0.2, 0.25) is 5.91 Å². The van der Waals surface area contributed by atoms with Gasteiger partial charge >= 0.3 is 0 Å². The Morgan fingerprint density at radius 1 is 0.978 bits per heavy atom. The number of hydrogen-bond donors (Lipinski definition) is 2. The molecule has 0 bridgehead atoms. The predicted molar refractivity (Wildman–Crippen MR) is 179 cm³/mol. The minimum atomic E-state index is -3.82. The first-order chi connectivity index (χ1) is 22.1. The van der Waals surface area contributed by atoms with Gasteiger partial charge in [-0.15, -0.1) is 0 Å². The summed E-state index contributed by atoms with van der Waals surface area (Å²) in [7, 11) is -1.80. The van der Waals surface area contributed by atoms with Crippen molar-refractivity contribution in [3.05, 3.63) is 114 Å². The summed E-state index contributed by atoms with van der Waals surface area (Å²) in [6.07, 6.45) is -0.289. The Hall–Kier alpha value is -4.38. The number of sulfonamides is 1. The van der Waals surface area contributed by atoms with Gasteiger partial charge in [0.25, 0.3) is 10.0 Å². The molecule has 0 radical (unpaired) electrons. The largest absolute Gasteiger partial charge is 0.488 e. The fourth-order valence-corrected chi connectivity index (χ4v) is 6.57. The summed E-state index contributed by atoms with van der Waals surface area (Å²) in [6, 6.07) is 30.4. The molecular formula is C36H41N3O6S. The number of likely N-dealkylation sites (N-methyl/N-ethyl adjacent to an activating group) is 1. The lowest BCUT2D eigenvalue weighted by atomic mass is 10.0. The van der Waals surface area contributed by atoms with Crippen LogP contribution in [0.1, 0.15) is 25.0 Å². The average Bonchev–Trinajstić information content (AvgIpc) is 3.09. The molecule has 3 atom stereocenters. The molecule has 1 aliphatic heterocycles. The number of rotatable bonds is 11. The number of fused-ring (bicyclic) bond motifs is 1. The summed E-state index contributed by atoms with van der Waals surface area (Å²) in [5.74, 6) is 1.85. The molecule has 0 unspecified atom stereocenters. The fourth-order valence-electron chi connectivity index (χ4n) is 5.50. The van der Waals surface area contributed by atoms with Crippen LogP contribution < -0.4 is 14.2 Å². The molecule has 0 aliphatic carbocycles. The van der Waals surface area contributed by atoms with E-state index in [4.69, 9.17) is 9.47 Å². The zero-order valence-electron chi connectivity index (χ0n) is 26.4. The molecule has 9 nitrogen and oxygen atoms in total. The molecule has 5 rings (SSSR count). The Kier molecular flexibility index (Phi) is 10.6. The smallest absolute Gasteiger partial charge is 0.261 e. The lowest BCUT2D eigenvalue weighted by Gasteiger charge is -2.34. The molecule has 1 heterocycles. The van der Waals surface area contributed by atoms with Crippen LogP contribution >= 0.6 is 0 Å². The van der Waals surface area contributed by atoms with Crippen molar-refractivity contribution >= 4 is 21.6 Å². The Bertz CT molecular complexity index is 1700. The van der Waals surface area contributed by atoms with Gasteiger partial charge in [-0.25, -0.2) is 8.42 Å². The van der Waals surface area contributed by atoms with Crippen LogP contribution in [-0.2, 0) is 27.8 Å². The molecule has 0 saturated carbocycles. The Morgan fingerprint density at radius 3 is 2.30 bits per heavy atom. The average molecular weight is 644 g/mol. The van der Waals surface area contributed by atoms with Crippen LogP contribution in [0.3, 0.4) is 0 Å². The second-order valence-corrected chi connectivity index (χ2v) is 13.6. The van der Waals surface area contributed by atoms with Crippen molar-refractivity contribution in [3.63, 3.8) is 0 Å². The first kappa shape index (κ1) is 33.0. The third-order valence-electron chi connectivity index (χ3n) is 8.07. The molecule has 242 valence electrons. The van der Waals surface area contributed by atoms with Crippen LogP contribution in [0.4, 0.5) is 5.69 Å². The number of amides is 1. The normalized spacial score (nSPS) is 17.7. The molecule has 4 aromatic carbocycles. The van der Waals surface area contributed by atoms with E-state index in [1.807, 2.05) is 75.5 Å². The number of aliphatic hydroxyl groups is 1. The van der Waals surface area contributed by atoms with Gasteiger partial charge in [0.1, 0.15) is 23.4 Å². The zero-order chi connectivity index (χ0) is 32.7. The van der Waals surface area contributed by atoms with E-state index in [1.165, 1.54) is 12.1 Å². The van der Waals surface area contributed by atoms with Gasteiger partial charge in [0.15, 0.2) is 0 Å². The third kappa shape index (κ3) is 8.45. The number of nitrogens with zero attached hydrogens (tertiary/aromatic N) is 2. The van der Waals surface area contributed by atoms with Crippen molar-refractivity contribution in [2.45, 2.75) is 43.9 Å². The molecule has 0 aromatic heterocycles. The molecule has 1 amide bonds. The number of carbonyl (C=O) groups is 1. The number of aliphatic hydroxyl groups excluding tert-OH is 1. The van der Waals surface area contributed by atoms with Crippen molar-refractivity contribution in [2.75, 3.05) is 31.5 Å². The number of para-hydroxylation sites is 1. The summed E-state index contributed by atoms with van der Waals surface area (Å²) in [5.41, 5.74) is 2.02. The van der Waals surface area contributed by atoms with E-state index in [0.29, 0.717) is 36.6 Å². The van der Waals surface area contributed by atoms with Crippen molar-refractivity contribution in [3.8, 4) is 17.2 Å². The van der Waals surface area contributed by atoms with Crippen molar-refractivity contribution in [1.82, 2.24) is 9.80 Å². The minimum Gasteiger partial charge on any atom is -0.488 e. The SMILES string of the molecule is C[C@@H]1CN([C@@H](C)CO)C(=O)Cc2cc(NS(=O)(=O)c3ccccc3)ccc2O[C@@H]1CN(C)Cc1ccc(Oc2ccccc2)cc1. The second kappa shape index (κ2) is 14.8. The first-order valence-electron chi connectivity index (χ1n) is 15.4. The van der Waals surface area contributed by atoms with E-state index in [0.717, 1.165) is 17.1 Å². The molecule has 1 aliphatic rings. The van der Waals surface area contributed by atoms with Gasteiger partial charge in [-0.05, 0) is 74.1 Å². The molecule has 0 spiro atoms. The maximum atomic E-state index is 13.6. The Labute approximate surface area is 271 Å². The Morgan fingerprint density at radius 2 is 1.63 bits per heavy atom. The van der Waals surface area contributed by atoms with Crippen LogP contribution in [0, 0.1) is 5.92 Å². The minimum absolute atomic E-state index is 0.00720. The standard InChI is InChI=1S/C36H41N3O6S/c1-26-22-39(27(2)25-40)36(41)21-29-20-30(37-46(42,43)33-12-8-5-9-13-33)16-19-34(29)45-35(26)24-38(3)23-28-14-17-32(18-15-28)44-31-10-6-4-7-11-31/h4-20,26-27,35,37,40H,21-25H2,1-3H3/t26-,27+,35-/m1/s1. The highest BCUT2D eigenvalue weighted by Crippen LogP contribution is 2.30. The first-order valence-corrected chi connectivity index (χ1v) is 16.9. The summed E-state index contributed by atoms with van der Waals surface area (Å²) in [4.78, 5) is 17.6. The number of carbonyl (C=O) groups excluding carboxylic acids is 1. The van der Waals surface area contributed by atoms with Crippen LogP contribution in [0.15, 0.2) is 108 Å². The van der Waals surface area contributed by atoms with E-state index < -0.39 is 10.0 Å². The van der Waals surface area contributed by atoms with E-state index in [1.54, 1.807) is 41.3 Å². The number of hydrogen-bond acceptors (Lipinski definition) is 7. The quantitative estimate of drug-likeness (QED) is 0.220. The van der Waals surface area contributed by atoms with E-state index in [-0.39, 0.29) is 41.9 Å². The van der Waals surface area contributed by atoms with Crippen LogP contribution in [0.5, 0.6) is 17.2 Å². The number of ether oxygens (including phenoxy) is 2. The van der Waals surface area contributed by atoms with Crippen molar-refractivity contribution in [1.29, 1.82) is 0 Å². The van der Waals surface area contributed by atoms with Crippen LogP contribution in [-0.4, -0.2) is 68.1 Å². The summed E-state index contributed by atoms with van der Waals surface area (Å²) in [5, 5.41) is 9.96. The maximum absolute atomic E-state index is 13.6. The van der Waals surface area contributed by atoms with Crippen molar-refractivity contribution < 1.29 is 27.8 Å². The molecule has 0 fully saturated rings. The molecule has 2 N–H and O–H groups in total. The number of benzene rings is 4. The highest BCUT2D eigenvalue weighted by atomic mass is 32.2. The maximum Gasteiger partial charge on any atom is 0.261 e. The highest BCUT2D eigenvalue weighted by Gasteiger charge is 2.31. The van der Waals surface area contributed by atoms with E-state index >= 15 is 0 Å². The number of nitrogens with one attached hydrogen (secondary N) is 1. The molecule has 0 saturated heterocycles. The van der Waals surface area contributed by atoms with Gasteiger partial charge in [0, 0.05) is 36.8 Å². The van der Waals surface area contributed by atoms with Crippen molar-refractivity contribution in [2.24, 2.45) is 5.92 Å².